The second-order valence-corrected chi connectivity index (χ2v) is 16.9. The normalized spacial score (nSPS) is 19.1. The molecule has 2 heterocycles. The molecule has 1 aliphatic rings. The summed E-state index contributed by atoms with van der Waals surface area (Å²) in [5, 5.41) is 19.2. The number of aryl methyl sites for hydroxylation is 1. The lowest BCUT2D eigenvalue weighted by Crippen LogP contribution is -2.48. The molecule has 1 fully saturated rings. The standard InChI is InChI=1S/C26H41N5O4Si/c1-17-7-9-20(10-8-17)24(29-26(33)34)25(32)28-21-11-12-22(27-15-21)23-18(2)30-31(19(23)3)16-35-13-14-36(4,5)6/h11-12,15,17,20,24,29H,7-10,13-14,16H2,1-6H3,(H,28,32)(H,33,34)/t17?,20?,24-/m0/s1. The molecule has 1 aliphatic carbocycles. The molecule has 10 heteroatoms. The molecule has 2 amide bonds. The van der Waals surface area contributed by atoms with E-state index in [4.69, 9.17) is 4.74 Å². The summed E-state index contributed by atoms with van der Waals surface area (Å²) in [6, 6.07) is 3.97. The third-order valence-electron chi connectivity index (χ3n) is 6.97. The number of anilines is 1. The van der Waals surface area contributed by atoms with Gasteiger partial charge in [-0.25, -0.2) is 9.48 Å². The maximum atomic E-state index is 13.0. The number of aromatic nitrogens is 3. The van der Waals surface area contributed by atoms with Crippen molar-refractivity contribution < 1.29 is 19.4 Å². The smallest absolute Gasteiger partial charge is 0.405 e. The van der Waals surface area contributed by atoms with Crippen LogP contribution in [-0.2, 0) is 16.3 Å². The van der Waals surface area contributed by atoms with E-state index in [2.05, 4.69) is 47.3 Å². The van der Waals surface area contributed by atoms with Gasteiger partial charge in [-0.05, 0) is 56.7 Å². The van der Waals surface area contributed by atoms with Crippen molar-refractivity contribution in [3.05, 3.63) is 29.7 Å². The lowest BCUT2D eigenvalue weighted by molar-refractivity contribution is -0.119. The molecule has 2 aromatic rings. The van der Waals surface area contributed by atoms with Gasteiger partial charge in [0.05, 0.1) is 23.3 Å². The molecular weight excluding hydrogens is 474 g/mol. The Morgan fingerprint density at radius 2 is 1.89 bits per heavy atom. The van der Waals surface area contributed by atoms with Crippen molar-refractivity contribution >= 4 is 25.8 Å². The van der Waals surface area contributed by atoms with E-state index in [0.29, 0.717) is 18.3 Å². The SMILES string of the molecule is Cc1nn(COCC[Si](C)(C)C)c(C)c1-c1ccc(NC(=O)[C@@H](NC(=O)O)C2CCC(C)CC2)cn1. The number of nitrogens with zero attached hydrogens (tertiary/aromatic N) is 3. The molecule has 0 aromatic carbocycles. The molecule has 0 aliphatic heterocycles. The number of carboxylic acid groups (broad SMARTS) is 1. The van der Waals surface area contributed by atoms with Crippen LogP contribution < -0.4 is 10.6 Å². The van der Waals surface area contributed by atoms with E-state index < -0.39 is 20.2 Å². The van der Waals surface area contributed by atoms with Crippen molar-refractivity contribution in [3.8, 4) is 11.3 Å². The van der Waals surface area contributed by atoms with Crippen LogP contribution in [0, 0.1) is 25.7 Å². The predicted molar refractivity (Wildman–Crippen MR) is 144 cm³/mol. The van der Waals surface area contributed by atoms with Gasteiger partial charge in [0.25, 0.3) is 0 Å². The third-order valence-corrected chi connectivity index (χ3v) is 8.68. The molecule has 1 saturated carbocycles. The van der Waals surface area contributed by atoms with Gasteiger partial charge in [-0.2, -0.15) is 5.10 Å². The number of hydrogen-bond acceptors (Lipinski definition) is 5. The minimum Gasteiger partial charge on any atom is -0.465 e. The van der Waals surface area contributed by atoms with E-state index in [0.717, 1.165) is 61.0 Å². The number of carbonyl (C=O) groups excluding carboxylic acids is 1. The van der Waals surface area contributed by atoms with Crippen LogP contribution in [0.2, 0.25) is 25.7 Å². The van der Waals surface area contributed by atoms with E-state index >= 15 is 0 Å². The molecule has 36 heavy (non-hydrogen) atoms. The van der Waals surface area contributed by atoms with Crippen molar-refractivity contribution in [2.75, 3.05) is 11.9 Å². The molecule has 0 bridgehead atoms. The van der Waals surface area contributed by atoms with Crippen LogP contribution in [-0.4, -0.2) is 52.6 Å². The Kier molecular flexibility index (Phi) is 9.29. The second-order valence-electron chi connectivity index (χ2n) is 11.3. The topological polar surface area (TPSA) is 118 Å². The first-order valence-corrected chi connectivity index (χ1v) is 16.5. The van der Waals surface area contributed by atoms with Gasteiger partial charge in [-0.3, -0.25) is 9.78 Å². The first-order valence-electron chi connectivity index (χ1n) is 12.8. The second kappa shape index (κ2) is 12.0. The lowest BCUT2D eigenvalue weighted by atomic mass is 9.79. The molecular formula is C26H41N5O4Si. The number of amides is 2. The Morgan fingerprint density at radius 1 is 1.19 bits per heavy atom. The van der Waals surface area contributed by atoms with Crippen molar-refractivity contribution in [3.63, 3.8) is 0 Å². The summed E-state index contributed by atoms with van der Waals surface area (Å²) in [6.07, 6.45) is 4.09. The highest BCUT2D eigenvalue weighted by Crippen LogP contribution is 2.31. The summed E-state index contributed by atoms with van der Waals surface area (Å²) in [5.41, 5.74) is 4.08. The van der Waals surface area contributed by atoms with Crippen molar-refractivity contribution in [2.45, 2.75) is 84.9 Å². The Labute approximate surface area is 215 Å². The Bertz CT molecular complexity index is 1040. The highest BCUT2D eigenvalue weighted by molar-refractivity contribution is 6.76. The fourth-order valence-electron chi connectivity index (χ4n) is 4.71. The largest absolute Gasteiger partial charge is 0.465 e. The summed E-state index contributed by atoms with van der Waals surface area (Å²) in [4.78, 5) is 28.9. The molecule has 3 rings (SSSR count). The highest BCUT2D eigenvalue weighted by Gasteiger charge is 2.32. The number of carbonyl (C=O) groups is 2. The van der Waals surface area contributed by atoms with Crippen LogP contribution >= 0.6 is 0 Å². The van der Waals surface area contributed by atoms with E-state index in [9.17, 15) is 14.7 Å². The van der Waals surface area contributed by atoms with Gasteiger partial charge in [0.2, 0.25) is 5.91 Å². The van der Waals surface area contributed by atoms with Gasteiger partial charge in [-0.1, -0.05) is 39.4 Å². The van der Waals surface area contributed by atoms with Crippen LogP contribution in [0.15, 0.2) is 18.3 Å². The molecule has 3 N–H and O–H groups in total. The number of hydrogen-bond donors (Lipinski definition) is 3. The Hall–Kier alpha value is -2.72. The van der Waals surface area contributed by atoms with Crippen molar-refractivity contribution in [2.24, 2.45) is 11.8 Å². The van der Waals surface area contributed by atoms with E-state index in [-0.39, 0.29) is 11.8 Å². The lowest BCUT2D eigenvalue weighted by Gasteiger charge is -2.31. The fraction of sp³-hybridized carbons (Fsp3) is 0.615. The van der Waals surface area contributed by atoms with Crippen LogP contribution in [0.1, 0.15) is 44.0 Å². The van der Waals surface area contributed by atoms with E-state index in [1.807, 2.05) is 24.6 Å². The van der Waals surface area contributed by atoms with Gasteiger partial charge in [0.15, 0.2) is 0 Å². The summed E-state index contributed by atoms with van der Waals surface area (Å²) in [6.45, 7) is 14.3. The van der Waals surface area contributed by atoms with Crippen LogP contribution in [0.5, 0.6) is 0 Å². The minimum absolute atomic E-state index is 0.00590. The molecule has 0 radical (unpaired) electrons. The predicted octanol–water partition coefficient (Wildman–Crippen LogP) is 5.28. The average molecular weight is 516 g/mol. The quantitative estimate of drug-likeness (QED) is 0.293. The third kappa shape index (κ3) is 7.64. The monoisotopic (exact) mass is 515 g/mol. The van der Waals surface area contributed by atoms with Crippen molar-refractivity contribution in [1.82, 2.24) is 20.1 Å². The van der Waals surface area contributed by atoms with Crippen molar-refractivity contribution in [1.29, 1.82) is 0 Å². The maximum Gasteiger partial charge on any atom is 0.405 e. The van der Waals surface area contributed by atoms with Gasteiger partial charge < -0.3 is 20.5 Å². The van der Waals surface area contributed by atoms with Gasteiger partial charge in [0.1, 0.15) is 12.8 Å². The highest BCUT2D eigenvalue weighted by atomic mass is 28.3. The van der Waals surface area contributed by atoms with E-state index in [1.165, 1.54) is 0 Å². The molecule has 9 nitrogen and oxygen atoms in total. The molecule has 1 atom stereocenters. The zero-order valence-electron chi connectivity index (χ0n) is 22.4. The molecule has 0 spiro atoms. The van der Waals surface area contributed by atoms with Crippen LogP contribution in [0.3, 0.4) is 0 Å². The first kappa shape index (κ1) is 27.9. The molecule has 0 saturated heterocycles. The molecule has 2 aromatic heterocycles. The molecule has 198 valence electrons. The van der Waals surface area contributed by atoms with Crippen LogP contribution in [0.4, 0.5) is 10.5 Å². The number of pyridine rings is 1. The van der Waals surface area contributed by atoms with E-state index in [1.54, 1.807) is 12.3 Å². The summed E-state index contributed by atoms with van der Waals surface area (Å²) in [5.74, 6) is 0.260. The summed E-state index contributed by atoms with van der Waals surface area (Å²) >= 11 is 0. The summed E-state index contributed by atoms with van der Waals surface area (Å²) < 4.78 is 7.73. The zero-order chi connectivity index (χ0) is 26.5. The minimum atomic E-state index is -1.19. The number of nitrogens with one attached hydrogen (secondary N) is 2. The number of ether oxygens (including phenoxy) is 1. The average Bonchev–Trinajstić information content (AvgIpc) is 3.08. The van der Waals surface area contributed by atoms with Gasteiger partial charge >= 0.3 is 6.09 Å². The summed E-state index contributed by atoms with van der Waals surface area (Å²) in [7, 11) is -1.14. The fourth-order valence-corrected chi connectivity index (χ4v) is 5.46. The van der Waals surface area contributed by atoms with Gasteiger partial charge in [-0.15, -0.1) is 0 Å². The first-order chi connectivity index (χ1) is 16.9. The zero-order valence-corrected chi connectivity index (χ0v) is 23.4. The Balaban J connectivity index is 1.66. The van der Waals surface area contributed by atoms with Crippen LogP contribution in [0.25, 0.3) is 11.3 Å². The Morgan fingerprint density at radius 3 is 2.47 bits per heavy atom. The maximum absolute atomic E-state index is 13.0. The van der Waals surface area contributed by atoms with Gasteiger partial charge in [0, 0.05) is 25.9 Å². The molecule has 0 unspecified atom stereocenters. The number of rotatable bonds is 10.